The molecule has 0 saturated heterocycles. The highest BCUT2D eigenvalue weighted by atomic mass is 28.4. The molecule has 25 heavy (non-hydrogen) atoms. The maximum atomic E-state index is 7.03. The lowest BCUT2D eigenvalue weighted by atomic mass is 9.54. The second kappa shape index (κ2) is 5.73. The zero-order valence-electron chi connectivity index (χ0n) is 17.6. The van der Waals surface area contributed by atoms with Gasteiger partial charge in [0.2, 0.25) is 0 Å². The van der Waals surface area contributed by atoms with E-state index >= 15 is 0 Å². The summed E-state index contributed by atoms with van der Waals surface area (Å²) in [5.41, 5.74) is 2.54. The van der Waals surface area contributed by atoms with Crippen LogP contribution in [0.1, 0.15) is 79.6 Å². The van der Waals surface area contributed by atoms with Gasteiger partial charge in [-0.1, -0.05) is 52.7 Å². The Labute approximate surface area is 157 Å². The van der Waals surface area contributed by atoms with Crippen LogP contribution in [0.4, 0.5) is 0 Å². The fourth-order valence-electron chi connectivity index (χ4n) is 5.35. The Morgan fingerprint density at radius 2 is 1.88 bits per heavy atom. The molecule has 0 bridgehead atoms. The summed E-state index contributed by atoms with van der Waals surface area (Å²) >= 11 is 0. The van der Waals surface area contributed by atoms with Gasteiger partial charge in [-0.2, -0.15) is 0 Å². The minimum Gasteiger partial charge on any atom is -0.413 e. The van der Waals surface area contributed by atoms with Gasteiger partial charge in [-0.15, -0.1) is 12.3 Å². The van der Waals surface area contributed by atoms with Crippen molar-refractivity contribution in [3.8, 4) is 12.3 Å². The maximum absolute atomic E-state index is 7.03. The van der Waals surface area contributed by atoms with Crippen LogP contribution in [-0.4, -0.2) is 14.4 Å². The number of terminal acetylenes is 1. The fraction of sp³-hybridized carbons (Fsp3) is 0.826. The molecule has 3 aliphatic rings. The highest BCUT2D eigenvalue weighted by molar-refractivity contribution is 6.74. The van der Waals surface area contributed by atoms with E-state index in [4.69, 9.17) is 10.8 Å². The zero-order chi connectivity index (χ0) is 18.7. The van der Waals surface area contributed by atoms with Crippen LogP contribution in [0.3, 0.4) is 0 Å². The summed E-state index contributed by atoms with van der Waals surface area (Å²) in [7, 11) is -1.76. The van der Waals surface area contributed by atoms with Gasteiger partial charge >= 0.3 is 0 Å². The number of fused-ring (bicyclic) bond motifs is 1. The van der Waals surface area contributed by atoms with E-state index in [0.717, 1.165) is 6.42 Å². The fourth-order valence-corrected chi connectivity index (χ4v) is 6.79. The molecule has 2 heteroatoms. The standard InChI is InChI=1S/C23H38OSi/c1-9-13-23(16-17-23)18-12-15-22(6)19(11-10-14-21(18,22)5)24-25(7,8)20(2,3)4/h1,12,19H,10-11,13-17H2,2-8H3/t19-,21+,22-/m0/s1. The molecule has 3 atom stereocenters. The molecule has 0 aromatic heterocycles. The third kappa shape index (κ3) is 2.77. The molecule has 1 nitrogen and oxygen atoms in total. The van der Waals surface area contributed by atoms with E-state index in [1.54, 1.807) is 5.57 Å². The molecule has 0 aliphatic heterocycles. The van der Waals surface area contributed by atoms with Crippen LogP contribution in [0, 0.1) is 28.6 Å². The van der Waals surface area contributed by atoms with Crippen LogP contribution in [0.15, 0.2) is 11.6 Å². The molecule has 0 spiro atoms. The molecule has 3 rings (SSSR count). The molecule has 2 fully saturated rings. The third-order valence-corrected chi connectivity index (χ3v) is 13.0. The molecular formula is C23H38OSi. The van der Waals surface area contributed by atoms with Crippen molar-refractivity contribution in [3.63, 3.8) is 0 Å². The van der Waals surface area contributed by atoms with Gasteiger partial charge in [0.05, 0.1) is 6.10 Å². The second-order valence-corrected chi connectivity index (χ2v) is 15.7. The van der Waals surface area contributed by atoms with Crippen LogP contribution in [0.5, 0.6) is 0 Å². The van der Waals surface area contributed by atoms with Gasteiger partial charge in [-0.05, 0) is 55.7 Å². The van der Waals surface area contributed by atoms with Gasteiger partial charge in [0.1, 0.15) is 0 Å². The summed E-state index contributed by atoms with van der Waals surface area (Å²) in [4.78, 5) is 0. The summed E-state index contributed by atoms with van der Waals surface area (Å²) in [6, 6.07) is 0. The van der Waals surface area contributed by atoms with Crippen molar-refractivity contribution < 1.29 is 4.43 Å². The Kier molecular flexibility index (Phi) is 4.41. The summed E-state index contributed by atoms with van der Waals surface area (Å²) < 4.78 is 7.03. The average Bonchev–Trinajstić information content (AvgIpc) is 3.18. The van der Waals surface area contributed by atoms with Gasteiger partial charge in [-0.25, -0.2) is 0 Å². The Bertz CT molecular complexity index is 613. The lowest BCUT2D eigenvalue weighted by molar-refractivity contribution is -0.0604. The van der Waals surface area contributed by atoms with E-state index in [-0.39, 0.29) is 15.9 Å². The SMILES string of the molecule is C#CCC1(C2=CC[C@@]3(C)[C@@H](O[Si](C)(C)C(C)(C)C)CCC[C@]23C)CC1. The smallest absolute Gasteiger partial charge is 0.192 e. The lowest BCUT2D eigenvalue weighted by Gasteiger charge is -2.55. The van der Waals surface area contributed by atoms with Crippen LogP contribution in [0.2, 0.25) is 18.1 Å². The molecule has 3 aliphatic carbocycles. The van der Waals surface area contributed by atoms with Crippen LogP contribution in [-0.2, 0) is 4.43 Å². The molecule has 0 aromatic rings. The molecule has 0 N–H and O–H groups in total. The van der Waals surface area contributed by atoms with E-state index in [1.165, 1.54) is 38.5 Å². The number of hydrogen-bond donors (Lipinski definition) is 0. The van der Waals surface area contributed by atoms with Crippen molar-refractivity contribution in [1.82, 2.24) is 0 Å². The second-order valence-electron chi connectivity index (χ2n) is 11.0. The summed E-state index contributed by atoms with van der Waals surface area (Å²) in [5.74, 6) is 2.98. The molecule has 2 saturated carbocycles. The van der Waals surface area contributed by atoms with E-state index < -0.39 is 8.32 Å². The van der Waals surface area contributed by atoms with Crippen molar-refractivity contribution in [2.24, 2.45) is 16.2 Å². The number of rotatable bonds is 4. The highest BCUT2D eigenvalue weighted by Crippen LogP contribution is 2.71. The molecule has 0 aromatic carbocycles. The zero-order valence-corrected chi connectivity index (χ0v) is 18.6. The average molecular weight is 359 g/mol. The largest absolute Gasteiger partial charge is 0.413 e. The summed E-state index contributed by atoms with van der Waals surface area (Å²) in [6.45, 7) is 16.9. The van der Waals surface area contributed by atoms with Crippen LogP contribution < -0.4 is 0 Å². The van der Waals surface area contributed by atoms with E-state index in [2.05, 4.69) is 59.7 Å². The summed E-state index contributed by atoms with van der Waals surface area (Å²) in [5, 5.41) is 0.271. The predicted octanol–water partition coefficient (Wildman–Crippen LogP) is 6.71. The van der Waals surface area contributed by atoms with E-state index in [1.807, 2.05) is 0 Å². The van der Waals surface area contributed by atoms with E-state index in [9.17, 15) is 0 Å². The third-order valence-electron chi connectivity index (χ3n) is 8.55. The van der Waals surface area contributed by atoms with Crippen molar-refractivity contribution in [3.05, 3.63) is 11.6 Å². The Balaban J connectivity index is 1.89. The van der Waals surface area contributed by atoms with Gasteiger partial charge in [0.15, 0.2) is 8.32 Å². The quantitative estimate of drug-likeness (QED) is 0.308. The first-order valence-corrected chi connectivity index (χ1v) is 13.2. The lowest BCUT2D eigenvalue weighted by Crippen LogP contribution is -2.55. The molecule has 140 valence electrons. The number of hydrogen-bond acceptors (Lipinski definition) is 1. The molecule has 0 radical (unpaired) electrons. The summed E-state index contributed by atoms with van der Waals surface area (Å²) in [6.07, 6.45) is 17.2. The van der Waals surface area contributed by atoms with Crippen LogP contribution >= 0.6 is 0 Å². The van der Waals surface area contributed by atoms with Gasteiger partial charge in [-0.3, -0.25) is 0 Å². The van der Waals surface area contributed by atoms with Gasteiger partial charge in [0.25, 0.3) is 0 Å². The van der Waals surface area contributed by atoms with Crippen molar-refractivity contribution in [2.45, 2.75) is 104 Å². The molecular weight excluding hydrogens is 320 g/mol. The minimum atomic E-state index is -1.76. The first kappa shape index (κ1) is 19.2. The van der Waals surface area contributed by atoms with Crippen LogP contribution in [0.25, 0.3) is 0 Å². The Hall–Kier alpha value is -0.523. The normalized spacial score (nSPS) is 37.2. The predicted molar refractivity (Wildman–Crippen MR) is 110 cm³/mol. The highest BCUT2D eigenvalue weighted by Gasteiger charge is 2.63. The van der Waals surface area contributed by atoms with Gasteiger partial charge in [0, 0.05) is 17.3 Å². The van der Waals surface area contributed by atoms with Crippen molar-refractivity contribution in [2.75, 3.05) is 0 Å². The monoisotopic (exact) mass is 358 g/mol. The van der Waals surface area contributed by atoms with Crippen molar-refractivity contribution >= 4 is 8.32 Å². The molecule has 0 amide bonds. The van der Waals surface area contributed by atoms with E-state index in [0.29, 0.717) is 11.5 Å². The molecule has 0 heterocycles. The molecule has 0 unspecified atom stereocenters. The number of allylic oxidation sites excluding steroid dienone is 2. The first-order chi connectivity index (χ1) is 11.4. The Morgan fingerprint density at radius 1 is 1.24 bits per heavy atom. The maximum Gasteiger partial charge on any atom is 0.192 e. The van der Waals surface area contributed by atoms with Crippen molar-refractivity contribution in [1.29, 1.82) is 0 Å². The minimum absolute atomic E-state index is 0.236. The Morgan fingerprint density at radius 3 is 2.40 bits per heavy atom. The first-order valence-electron chi connectivity index (χ1n) is 10.2. The van der Waals surface area contributed by atoms with Gasteiger partial charge < -0.3 is 4.43 Å². The topological polar surface area (TPSA) is 9.23 Å².